The molecular formula is C24H21N9O4. The third-order valence-corrected chi connectivity index (χ3v) is 5.69. The molecule has 1 aliphatic rings. The first-order valence-electron chi connectivity index (χ1n) is 11.3. The van der Waals surface area contributed by atoms with E-state index < -0.39 is 11.8 Å². The van der Waals surface area contributed by atoms with Crippen LogP contribution < -0.4 is 20.7 Å². The number of amides is 3. The number of rotatable bonds is 7. The van der Waals surface area contributed by atoms with E-state index in [9.17, 15) is 14.4 Å². The van der Waals surface area contributed by atoms with Crippen LogP contribution >= 0.6 is 0 Å². The smallest absolute Gasteiger partial charge is 0.270 e. The Morgan fingerprint density at radius 2 is 1.95 bits per heavy atom. The number of nitrogens with zero attached hydrogens (tertiary/aromatic N) is 5. The van der Waals surface area contributed by atoms with E-state index in [0.29, 0.717) is 17.3 Å². The fraction of sp³-hybridized carbons (Fsp3) is 0.167. The molecule has 186 valence electrons. The number of anilines is 2. The molecule has 37 heavy (non-hydrogen) atoms. The molecule has 0 fully saturated rings. The number of nitrogens with one attached hydrogen (secondary N) is 4. The molecule has 3 heterocycles. The number of benzene rings is 2. The van der Waals surface area contributed by atoms with Crippen LogP contribution in [0.4, 0.5) is 11.5 Å². The van der Waals surface area contributed by atoms with Gasteiger partial charge in [-0.05, 0) is 35.4 Å². The van der Waals surface area contributed by atoms with E-state index in [-0.39, 0.29) is 36.5 Å². The van der Waals surface area contributed by atoms with Gasteiger partial charge in [0.2, 0.25) is 11.7 Å². The summed E-state index contributed by atoms with van der Waals surface area (Å²) in [5.41, 5.74) is 2.96. The second-order valence-corrected chi connectivity index (χ2v) is 8.21. The topological polar surface area (TPSA) is 177 Å². The maximum absolute atomic E-state index is 12.8. The second-order valence-electron chi connectivity index (χ2n) is 8.21. The number of fused-ring (bicyclic) bond motifs is 1. The number of carbonyl (C=O) groups excluding carboxylic acids is 3. The number of hydrogen-bond donors (Lipinski definition) is 4. The van der Waals surface area contributed by atoms with Gasteiger partial charge in [-0.3, -0.25) is 14.4 Å². The molecule has 4 aromatic rings. The molecule has 0 radical (unpaired) electrons. The van der Waals surface area contributed by atoms with Crippen LogP contribution in [0.25, 0.3) is 11.4 Å². The summed E-state index contributed by atoms with van der Waals surface area (Å²) in [6.45, 7) is 1.94. The summed E-state index contributed by atoms with van der Waals surface area (Å²) in [5, 5.41) is 22.0. The summed E-state index contributed by atoms with van der Waals surface area (Å²) in [5.74, 6) is -0.226. The van der Waals surface area contributed by atoms with Gasteiger partial charge in [0, 0.05) is 18.2 Å². The number of ether oxygens (including phenoxy) is 1. The summed E-state index contributed by atoms with van der Waals surface area (Å²) in [6.07, 6.45) is 1.21. The predicted molar refractivity (Wildman–Crippen MR) is 130 cm³/mol. The van der Waals surface area contributed by atoms with Crippen molar-refractivity contribution in [1.29, 1.82) is 0 Å². The van der Waals surface area contributed by atoms with Gasteiger partial charge in [-0.2, -0.15) is 5.21 Å². The van der Waals surface area contributed by atoms with E-state index in [1.807, 2.05) is 12.1 Å². The lowest BCUT2D eigenvalue weighted by molar-refractivity contribution is -0.119. The standard InChI is InChI=1S/C24H21N9O4/c1-13(15-3-5-16(6-4-15)22-30-32-33-31-22)23(35)29-20-9-18(26-12-27-20)24(36)25-10-14-2-7-19-17(8-14)28-21(34)11-37-19/h2-9,12-13H,10-11H2,1H3,(H,25,36)(H,28,34)(H,26,27,29,35)(H,30,31,32,33)/t13-/m0/s1. The van der Waals surface area contributed by atoms with Crippen molar-refractivity contribution in [3.63, 3.8) is 0 Å². The molecule has 2 aromatic heterocycles. The Hall–Kier alpha value is -5.20. The van der Waals surface area contributed by atoms with Crippen LogP contribution in [-0.4, -0.2) is 54.9 Å². The summed E-state index contributed by atoms with van der Waals surface area (Å²) in [4.78, 5) is 45.0. The Bertz CT molecular complexity index is 1460. The highest BCUT2D eigenvalue weighted by atomic mass is 16.5. The molecule has 0 bridgehead atoms. The average molecular weight is 499 g/mol. The van der Waals surface area contributed by atoms with E-state index in [4.69, 9.17) is 4.74 Å². The minimum Gasteiger partial charge on any atom is -0.482 e. The first kappa shape index (κ1) is 23.5. The lowest BCUT2D eigenvalue weighted by Crippen LogP contribution is -2.26. The molecule has 13 heteroatoms. The van der Waals surface area contributed by atoms with Crippen LogP contribution in [-0.2, 0) is 16.1 Å². The van der Waals surface area contributed by atoms with Crippen LogP contribution in [0.1, 0.15) is 34.5 Å². The zero-order valence-corrected chi connectivity index (χ0v) is 19.6. The predicted octanol–water partition coefficient (Wildman–Crippen LogP) is 1.66. The maximum atomic E-state index is 12.8. The summed E-state index contributed by atoms with van der Waals surface area (Å²) < 4.78 is 5.34. The third-order valence-electron chi connectivity index (χ3n) is 5.69. The minimum atomic E-state index is -0.486. The highest BCUT2D eigenvalue weighted by Gasteiger charge is 2.19. The van der Waals surface area contributed by atoms with Crippen molar-refractivity contribution >= 4 is 29.2 Å². The van der Waals surface area contributed by atoms with Gasteiger partial charge in [-0.25, -0.2) is 9.97 Å². The minimum absolute atomic E-state index is 0.0256. The molecule has 0 unspecified atom stereocenters. The zero-order chi connectivity index (χ0) is 25.8. The Kier molecular flexibility index (Phi) is 6.48. The van der Waals surface area contributed by atoms with E-state index >= 15 is 0 Å². The van der Waals surface area contributed by atoms with Crippen LogP contribution in [0.2, 0.25) is 0 Å². The van der Waals surface area contributed by atoms with Crippen molar-refractivity contribution in [1.82, 2.24) is 35.9 Å². The maximum Gasteiger partial charge on any atom is 0.270 e. The van der Waals surface area contributed by atoms with Crippen molar-refractivity contribution in [3.8, 4) is 17.1 Å². The van der Waals surface area contributed by atoms with E-state index in [1.54, 1.807) is 37.3 Å². The van der Waals surface area contributed by atoms with Gasteiger partial charge < -0.3 is 20.7 Å². The molecule has 1 atom stereocenters. The first-order chi connectivity index (χ1) is 18.0. The largest absolute Gasteiger partial charge is 0.482 e. The monoisotopic (exact) mass is 499 g/mol. The summed E-state index contributed by atoms with van der Waals surface area (Å²) in [6, 6.07) is 13.9. The van der Waals surface area contributed by atoms with Crippen molar-refractivity contribution in [3.05, 3.63) is 71.7 Å². The number of aromatic amines is 1. The van der Waals surface area contributed by atoms with Gasteiger partial charge in [-0.1, -0.05) is 30.3 Å². The fourth-order valence-electron chi connectivity index (χ4n) is 3.65. The van der Waals surface area contributed by atoms with Gasteiger partial charge in [-0.15, -0.1) is 10.2 Å². The lowest BCUT2D eigenvalue weighted by atomic mass is 9.99. The van der Waals surface area contributed by atoms with Crippen molar-refractivity contribution < 1.29 is 19.1 Å². The second kappa shape index (κ2) is 10.2. The molecule has 2 aromatic carbocycles. The molecule has 4 N–H and O–H groups in total. The average Bonchev–Trinajstić information content (AvgIpc) is 3.46. The normalized spacial score (nSPS) is 13.1. The SMILES string of the molecule is C[C@H](C(=O)Nc1cc(C(=O)NCc2ccc3c(c2)NC(=O)CO3)ncn1)c1ccc(-c2nn[nH]n2)cc1. The van der Waals surface area contributed by atoms with Crippen LogP contribution in [0, 0.1) is 0 Å². The summed E-state index contributed by atoms with van der Waals surface area (Å²) >= 11 is 0. The van der Waals surface area contributed by atoms with Gasteiger partial charge in [0.1, 0.15) is 23.6 Å². The van der Waals surface area contributed by atoms with Crippen molar-refractivity contribution in [2.24, 2.45) is 0 Å². The molecule has 5 rings (SSSR count). The fourth-order valence-corrected chi connectivity index (χ4v) is 3.65. The van der Waals surface area contributed by atoms with Crippen LogP contribution in [0.15, 0.2) is 54.9 Å². The number of tetrazole rings is 1. The molecule has 0 aliphatic carbocycles. The Labute approximate surface area is 210 Å². The van der Waals surface area contributed by atoms with Crippen molar-refractivity contribution in [2.45, 2.75) is 19.4 Å². The number of H-pyrrole nitrogens is 1. The van der Waals surface area contributed by atoms with Gasteiger partial charge in [0.25, 0.3) is 11.8 Å². The molecule has 0 saturated heterocycles. The van der Waals surface area contributed by atoms with Crippen LogP contribution in [0.5, 0.6) is 5.75 Å². The van der Waals surface area contributed by atoms with E-state index in [0.717, 1.165) is 16.7 Å². The van der Waals surface area contributed by atoms with Crippen molar-refractivity contribution in [2.75, 3.05) is 17.2 Å². The molecule has 0 spiro atoms. The number of hydrogen-bond acceptors (Lipinski definition) is 9. The lowest BCUT2D eigenvalue weighted by Gasteiger charge is -2.18. The number of carbonyl (C=O) groups is 3. The molecule has 3 amide bonds. The van der Waals surface area contributed by atoms with Gasteiger partial charge in [0.15, 0.2) is 6.61 Å². The first-order valence-corrected chi connectivity index (χ1v) is 11.3. The molecular weight excluding hydrogens is 478 g/mol. The Morgan fingerprint density at radius 3 is 2.73 bits per heavy atom. The molecule has 13 nitrogen and oxygen atoms in total. The van der Waals surface area contributed by atoms with E-state index in [1.165, 1.54) is 12.4 Å². The summed E-state index contributed by atoms with van der Waals surface area (Å²) in [7, 11) is 0. The van der Waals surface area contributed by atoms with Crippen LogP contribution in [0.3, 0.4) is 0 Å². The Morgan fingerprint density at radius 1 is 1.11 bits per heavy atom. The Balaban J connectivity index is 1.19. The zero-order valence-electron chi connectivity index (χ0n) is 19.6. The van der Waals surface area contributed by atoms with E-state index in [2.05, 4.69) is 46.5 Å². The van der Waals surface area contributed by atoms with Gasteiger partial charge >= 0.3 is 0 Å². The number of aromatic nitrogens is 6. The third kappa shape index (κ3) is 5.40. The molecule has 0 saturated carbocycles. The highest BCUT2D eigenvalue weighted by molar-refractivity contribution is 5.97. The highest BCUT2D eigenvalue weighted by Crippen LogP contribution is 2.28. The molecule has 1 aliphatic heterocycles. The van der Waals surface area contributed by atoms with Gasteiger partial charge in [0.05, 0.1) is 11.6 Å². The quantitative estimate of drug-likeness (QED) is 0.294.